The number of aromatic hydroxyl groups is 1. The monoisotopic (exact) mass is 316 g/mol. The quantitative estimate of drug-likeness (QED) is 0.837. The molecule has 2 N–H and O–H groups in total. The molecule has 23 heavy (non-hydrogen) atoms. The van der Waals surface area contributed by atoms with Crippen molar-refractivity contribution in [1.29, 1.82) is 0 Å². The second-order valence-electron chi connectivity index (χ2n) is 8.31. The van der Waals surface area contributed by atoms with E-state index < -0.39 is 11.4 Å². The third-order valence-electron chi connectivity index (χ3n) is 6.61. The van der Waals surface area contributed by atoms with Gasteiger partial charge < -0.3 is 10.2 Å². The summed E-state index contributed by atoms with van der Waals surface area (Å²) in [6, 6.07) is 4.09. The van der Waals surface area contributed by atoms with Gasteiger partial charge in [0.2, 0.25) is 0 Å². The van der Waals surface area contributed by atoms with Gasteiger partial charge in [0.15, 0.2) is 0 Å². The summed E-state index contributed by atoms with van der Waals surface area (Å²) < 4.78 is 0. The van der Waals surface area contributed by atoms with Crippen molar-refractivity contribution in [2.24, 2.45) is 11.3 Å². The van der Waals surface area contributed by atoms with Crippen molar-refractivity contribution < 1.29 is 15.0 Å². The van der Waals surface area contributed by atoms with Crippen molar-refractivity contribution in [2.75, 3.05) is 0 Å². The fourth-order valence-electron chi connectivity index (χ4n) is 5.24. The molecule has 1 fully saturated rings. The fraction of sp³-hybridized carbons (Fsp3) is 0.650. The van der Waals surface area contributed by atoms with Crippen molar-refractivity contribution >= 4 is 5.97 Å². The maximum atomic E-state index is 11.9. The molecule has 2 aliphatic rings. The molecule has 0 bridgehead atoms. The van der Waals surface area contributed by atoms with Crippen LogP contribution in [-0.4, -0.2) is 16.2 Å². The minimum atomic E-state index is -0.667. The first-order valence-corrected chi connectivity index (χ1v) is 8.80. The van der Waals surface area contributed by atoms with Crippen LogP contribution in [0.25, 0.3) is 0 Å². The SMILES string of the molecule is CC(C)c1cc2c(cc1O)[C@@]1(C)CCC[C@@](C)(C(=O)O)C1CC2. The Balaban J connectivity index is 2.13. The first-order valence-electron chi connectivity index (χ1n) is 8.80. The highest BCUT2D eigenvalue weighted by Crippen LogP contribution is 2.58. The number of phenols is 1. The third kappa shape index (κ3) is 2.28. The van der Waals surface area contributed by atoms with Gasteiger partial charge in [-0.1, -0.05) is 33.3 Å². The standard InChI is InChI=1S/C20H28O3/c1-12(2)14-10-13-6-7-17-19(3,15(13)11-16(14)21)8-5-9-20(17,4)18(22)23/h10-12,17,21H,5-9H2,1-4H3,(H,22,23)/t17?,19-,20-/m1/s1. The van der Waals surface area contributed by atoms with Gasteiger partial charge in [-0.15, -0.1) is 0 Å². The van der Waals surface area contributed by atoms with Crippen LogP contribution < -0.4 is 0 Å². The molecule has 0 aliphatic heterocycles. The fourth-order valence-corrected chi connectivity index (χ4v) is 5.24. The zero-order valence-corrected chi connectivity index (χ0v) is 14.6. The summed E-state index contributed by atoms with van der Waals surface area (Å²) >= 11 is 0. The van der Waals surface area contributed by atoms with E-state index in [1.807, 2.05) is 13.0 Å². The summed E-state index contributed by atoms with van der Waals surface area (Å²) in [4.78, 5) is 11.9. The van der Waals surface area contributed by atoms with Gasteiger partial charge in [0, 0.05) is 0 Å². The van der Waals surface area contributed by atoms with E-state index >= 15 is 0 Å². The Bertz CT molecular complexity index is 649. The lowest BCUT2D eigenvalue weighted by Gasteiger charge is -2.53. The molecule has 3 heteroatoms. The zero-order valence-electron chi connectivity index (χ0n) is 14.6. The summed E-state index contributed by atoms with van der Waals surface area (Å²) in [5, 5.41) is 20.3. The van der Waals surface area contributed by atoms with E-state index in [4.69, 9.17) is 0 Å². The number of hydrogen-bond donors (Lipinski definition) is 2. The number of aryl methyl sites for hydroxylation is 1. The number of carboxylic acid groups (broad SMARTS) is 1. The first-order chi connectivity index (χ1) is 10.7. The second-order valence-corrected chi connectivity index (χ2v) is 8.31. The molecule has 0 aromatic heterocycles. The van der Waals surface area contributed by atoms with Gasteiger partial charge in [-0.3, -0.25) is 4.79 Å². The number of fused-ring (bicyclic) bond motifs is 3. The number of rotatable bonds is 2. The summed E-state index contributed by atoms with van der Waals surface area (Å²) in [6.45, 7) is 8.32. The predicted molar refractivity (Wildman–Crippen MR) is 91.0 cm³/mol. The summed E-state index contributed by atoms with van der Waals surface area (Å²) in [5.74, 6) is 0.127. The van der Waals surface area contributed by atoms with Crippen LogP contribution in [0.3, 0.4) is 0 Å². The van der Waals surface area contributed by atoms with Crippen LogP contribution in [0.2, 0.25) is 0 Å². The highest BCUT2D eigenvalue weighted by Gasteiger charge is 2.55. The molecule has 0 heterocycles. The number of benzene rings is 1. The Morgan fingerprint density at radius 1 is 1.26 bits per heavy atom. The van der Waals surface area contributed by atoms with Crippen LogP contribution in [0.1, 0.15) is 76.0 Å². The van der Waals surface area contributed by atoms with E-state index in [9.17, 15) is 15.0 Å². The molecule has 3 atom stereocenters. The Morgan fingerprint density at radius 2 is 1.96 bits per heavy atom. The van der Waals surface area contributed by atoms with Crippen molar-refractivity contribution in [3.05, 3.63) is 28.8 Å². The predicted octanol–water partition coefficient (Wildman–Crippen LogP) is 4.61. The molecule has 1 aromatic rings. The van der Waals surface area contributed by atoms with Crippen molar-refractivity contribution in [3.8, 4) is 5.75 Å². The third-order valence-corrected chi connectivity index (χ3v) is 6.61. The maximum absolute atomic E-state index is 11.9. The molecule has 0 spiro atoms. The zero-order chi connectivity index (χ0) is 17.0. The smallest absolute Gasteiger partial charge is 0.309 e. The molecule has 1 saturated carbocycles. The van der Waals surface area contributed by atoms with Crippen LogP contribution in [0, 0.1) is 11.3 Å². The van der Waals surface area contributed by atoms with Gasteiger partial charge in [0.25, 0.3) is 0 Å². The summed E-state index contributed by atoms with van der Waals surface area (Å²) in [6.07, 6.45) is 4.54. The normalized spacial score (nSPS) is 33.2. The van der Waals surface area contributed by atoms with Crippen molar-refractivity contribution in [3.63, 3.8) is 0 Å². The van der Waals surface area contributed by atoms with Gasteiger partial charge >= 0.3 is 5.97 Å². The summed E-state index contributed by atoms with van der Waals surface area (Å²) in [5.41, 5.74) is 2.69. The van der Waals surface area contributed by atoms with Gasteiger partial charge in [0.05, 0.1) is 5.41 Å². The van der Waals surface area contributed by atoms with Crippen molar-refractivity contribution in [2.45, 2.75) is 71.1 Å². The van der Waals surface area contributed by atoms with E-state index in [-0.39, 0.29) is 11.3 Å². The number of hydrogen-bond acceptors (Lipinski definition) is 2. The molecule has 0 radical (unpaired) electrons. The van der Waals surface area contributed by atoms with Gasteiger partial charge in [0.1, 0.15) is 5.75 Å². The molecule has 3 nitrogen and oxygen atoms in total. The Labute approximate surface area is 138 Å². The molecule has 0 amide bonds. The molecule has 3 rings (SSSR count). The average molecular weight is 316 g/mol. The molecular weight excluding hydrogens is 288 g/mol. The topological polar surface area (TPSA) is 57.5 Å². The minimum absolute atomic E-state index is 0.137. The average Bonchev–Trinajstić information content (AvgIpc) is 2.46. The second kappa shape index (κ2) is 5.25. The Kier molecular flexibility index (Phi) is 3.74. The van der Waals surface area contributed by atoms with Crippen LogP contribution in [0.15, 0.2) is 12.1 Å². The van der Waals surface area contributed by atoms with Crippen molar-refractivity contribution in [1.82, 2.24) is 0 Å². The van der Waals surface area contributed by atoms with E-state index in [1.54, 1.807) is 0 Å². The van der Waals surface area contributed by atoms with E-state index in [0.717, 1.165) is 37.7 Å². The van der Waals surface area contributed by atoms with E-state index in [2.05, 4.69) is 26.8 Å². The van der Waals surface area contributed by atoms with Crippen LogP contribution in [0.4, 0.5) is 0 Å². The number of carboxylic acids is 1. The van der Waals surface area contributed by atoms with Crippen LogP contribution in [-0.2, 0) is 16.6 Å². The molecule has 1 unspecified atom stereocenters. The van der Waals surface area contributed by atoms with Gasteiger partial charge in [-0.05, 0) is 72.6 Å². The van der Waals surface area contributed by atoms with E-state index in [0.29, 0.717) is 11.7 Å². The largest absolute Gasteiger partial charge is 0.508 e. The molecule has 1 aromatic carbocycles. The lowest BCUT2D eigenvalue weighted by atomic mass is 9.49. The molecule has 2 aliphatic carbocycles. The minimum Gasteiger partial charge on any atom is -0.508 e. The number of carbonyl (C=O) groups is 1. The molecule has 126 valence electrons. The first kappa shape index (κ1) is 16.4. The van der Waals surface area contributed by atoms with Crippen LogP contribution >= 0.6 is 0 Å². The maximum Gasteiger partial charge on any atom is 0.309 e. The van der Waals surface area contributed by atoms with E-state index in [1.165, 1.54) is 11.1 Å². The van der Waals surface area contributed by atoms with Gasteiger partial charge in [-0.2, -0.15) is 0 Å². The molecule has 0 saturated heterocycles. The lowest BCUT2D eigenvalue weighted by molar-refractivity contribution is -0.157. The number of aliphatic carboxylic acids is 1. The summed E-state index contributed by atoms with van der Waals surface area (Å²) in [7, 11) is 0. The molecular formula is C20H28O3. The van der Waals surface area contributed by atoms with Gasteiger partial charge in [-0.25, -0.2) is 0 Å². The lowest BCUT2D eigenvalue weighted by Crippen LogP contribution is -2.52. The highest BCUT2D eigenvalue weighted by molar-refractivity contribution is 5.75. The van der Waals surface area contributed by atoms with Crippen LogP contribution in [0.5, 0.6) is 5.75 Å². The Morgan fingerprint density at radius 3 is 2.57 bits per heavy atom. The Hall–Kier alpha value is -1.51. The highest BCUT2D eigenvalue weighted by atomic mass is 16.4. The number of phenolic OH excluding ortho intramolecular Hbond substituents is 1.